The molecule has 2 heterocycles. The lowest BCUT2D eigenvalue weighted by molar-refractivity contribution is 0.0720. The molecule has 1 amide bonds. The van der Waals surface area contributed by atoms with Crippen LogP contribution in [0.3, 0.4) is 0 Å². The summed E-state index contributed by atoms with van der Waals surface area (Å²) in [6.45, 7) is 7.33. The van der Waals surface area contributed by atoms with Crippen molar-refractivity contribution in [2.75, 3.05) is 13.2 Å². The van der Waals surface area contributed by atoms with Gasteiger partial charge in [0.1, 0.15) is 18.0 Å². The van der Waals surface area contributed by atoms with Gasteiger partial charge in [0.2, 0.25) is 5.43 Å². The zero-order valence-electron chi connectivity index (χ0n) is 16.6. The van der Waals surface area contributed by atoms with Crippen LogP contribution >= 0.6 is 0 Å². The summed E-state index contributed by atoms with van der Waals surface area (Å²) in [6.07, 6.45) is 8.42. The fraction of sp³-hybridized carbons (Fsp3) is 0.304. The lowest BCUT2D eigenvalue weighted by atomic mass is 10.0. The number of amides is 1. The minimum Gasteiger partial charge on any atom is -0.484 e. The maximum absolute atomic E-state index is 13.2. The van der Waals surface area contributed by atoms with E-state index in [0.717, 1.165) is 17.7 Å². The van der Waals surface area contributed by atoms with E-state index in [1.54, 1.807) is 35.4 Å². The van der Waals surface area contributed by atoms with Gasteiger partial charge in [-0.15, -0.1) is 6.58 Å². The smallest absolute Gasteiger partial charge is 0.260 e. The van der Waals surface area contributed by atoms with Crippen LogP contribution in [-0.2, 0) is 19.5 Å². The monoisotopic (exact) mass is 396 g/mol. The van der Waals surface area contributed by atoms with Crippen LogP contribution in [0.15, 0.2) is 60.1 Å². The summed E-state index contributed by atoms with van der Waals surface area (Å²) in [5.41, 5.74) is 1.33. The topological polar surface area (TPSA) is 51.5 Å². The number of carbonyl (C=O) groups excluding carboxylic acids is 1. The van der Waals surface area contributed by atoms with Crippen LogP contribution in [0.25, 0.3) is 0 Å². The predicted octanol–water partition coefficient (Wildman–Crippen LogP) is 3.72. The highest BCUT2D eigenvalue weighted by molar-refractivity contribution is 5.96. The molecule has 2 aromatic rings. The summed E-state index contributed by atoms with van der Waals surface area (Å²) in [5, 5.41) is 0. The Morgan fingerprint density at radius 1 is 1.24 bits per heavy atom. The van der Waals surface area contributed by atoms with Gasteiger partial charge in [0, 0.05) is 31.7 Å². The quantitative estimate of drug-likeness (QED) is 0.639. The van der Waals surface area contributed by atoms with Gasteiger partial charge >= 0.3 is 0 Å². The average Bonchev–Trinajstić information content (AvgIpc) is 2.72. The second-order valence-electron chi connectivity index (χ2n) is 6.90. The molecule has 1 aromatic heterocycles. The number of aryl methyl sites for hydroxylation is 1. The largest absolute Gasteiger partial charge is 0.484 e. The molecule has 5 nitrogen and oxygen atoms in total. The van der Waals surface area contributed by atoms with Gasteiger partial charge < -0.3 is 14.2 Å². The lowest BCUT2D eigenvalue weighted by Crippen LogP contribution is -2.42. The Hall–Kier alpha value is -3.15. The highest BCUT2D eigenvalue weighted by atomic mass is 19.1. The van der Waals surface area contributed by atoms with Crippen molar-refractivity contribution in [3.8, 4) is 5.75 Å². The molecule has 1 aliphatic heterocycles. The maximum Gasteiger partial charge on any atom is 0.260 e. The summed E-state index contributed by atoms with van der Waals surface area (Å²) < 4.78 is 20.7. The molecule has 0 aliphatic carbocycles. The van der Waals surface area contributed by atoms with Crippen molar-refractivity contribution in [3.05, 3.63) is 88.1 Å². The zero-order valence-corrected chi connectivity index (χ0v) is 16.6. The molecule has 1 aromatic carbocycles. The molecule has 3 rings (SSSR count). The number of allylic oxidation sites excluding steroid dienone is 2. The number of rotatable bonds is 8. The highest BCUT2D eigenvalue weighted by Gasteiger charge is 2.30. The molecule has 0 fully saturated rings. The number of halogens is 1. The summed E-state index contributed by atoms with van der Waals surface area (Å²) >= 11 is 0. The van der Waals surface area contributed by atoms with E-state index >= 15 is 0 Å². The number of carbonyl (C=O) groups is 1. The fourth-order valence-electron chi connectivity index (χ4n) is 3.39. The number of nitrogens with zero attached hydrogens (tertiary/aromatic N) is 2. The summed E-state index contributed by atoms with van der Waals surface area (Å²) in [6, 6.07) is 6.04. The Bertz CT molecular complexity index is 977. The normalized spacial score (nSPS) is 13.6. The number of ether oxygens (including phenoxy) is 1. The van der Waals surface area contributed by atoms with Crippen molar-refractivity contribution in [2.24, 2.45) is 0 Å². The van der Waals surface area contributed by atoms with E-state index in [9.17, 15) is 14.0 Å². The van der Waals surface area contributed by atoms with Crippen LogP contribution in [0.2, 0.25) is 0 Å². The molecule has 0 saturated heterocycles. The van der Waals surface area contributed by atoms with Crippen molar-refractivity contribution < 1.29 is 13.9 Å². The van der Waals surface area contributed by atoms with Crippen molar-refractivity contribution >= 4 is 5.91 Å². The summed E-state index contributed by atoms with van der Waals surface area (Å²) in [7, 11) is 0. The van der Waals surface area contributed by atoms with Crippen LogP contribution < -0.4 is 10.2 Å². The van der Waals surface area contributed by atoms with Crippen molar-refractivity contribution in [1.29, 1.82) is 0 Å². The average molecular weight is 396 g/mol. The summed E-state index contributed by atoms with van der Waals surface area (Å²) in [5.74, 6) is -0.468. The van der Waals surface area contributed by atoms with E-state index in [2.05, 4.69) is 6.58 Å². The van der Waals surface area contributed by atoms with Crippen molar-refractivity contribution in [1.82, 2.24) is 9.47 Å². The molecule has 152 valence electrons. The third-order valence-electron chi connectivity index (χ3n) is 4.91. The number of benzene rings is 1. The van der Waals surface area contributed by atoms with Gasteiger partial charge in [-0.25, -0.2) is 4.39 Å². The highest BCUT2D eigenvalue weighted by Crippen LogP contribution is 2.22. The molecule has 0 unspecified atom stereocenters. The summed E-state index contributed by atoms with van der Waals surface area (Å²) in [4.78, 5) is 27.8. The van der Waals surface area contributed by atoms with Crippen LogP contribution in [0, 0.1) is 5.82 Å². The van der Waals surface area contributed by atoms with Crippen LogP contribution in [0.5, 0.6) is 5.75 Å². The Kier molecular flexibility index (Phi) is 6.65. The number of aromatic nitrogens is 1. The molecule has 29 heavy (non-hydrogen) atoms. The Labute approximate surface area is 169 Å². The first-order valence-electron chi connectivity index (χ1n) is 9.70. The molecule has 1 aliphatic rings. The first-order valence-corrected chi connectivity index (χ1v) is 9.70. The number of hydrogen-bond donors (Lipinski definition) is 0. The molecule has 6 heteroatoms. The number of pyridine rings is 1. The van der Waals surface area contributed by atoms with E-state index < -0.39 is 0 Å². The minimum atomic E-state index is -0.381. The minimum absolute atomic E-state index is 0.167. The van der Waals surface area contributed by atoms with E-state index in [-0.39, 0.29) is 35.1 Å². The van der Waals surface area contributed by atoms with Crippen molar-refractivity contribution in [3.63, 3.8) is 0 Å². The lowest BCUT2D eigenvalue weighted by Gasteiger charge is -2.30. The predicted molar refractivity (Wildman–Crippen MR) is 111 cm³/mol. The SMILES string of the molecule is C=CCCn1cc(OC/C=C/C)c(=O)c2c1CCN(Cc1ccc(F)cc1)C2=O. The van der Waals surface area contributed by atoms with Crippen LogP contribution in [-0.4, -0.2) is 28.5 Å². The Morgan fingerprint density at radius 2 is 2.00 bits per heavy atom. The third kappa shape index (κ3) is 4.65. The number of hydrogen-bond acceptors (Lipinski definition) is 3. The van der Waals surface area contributed by atoms with Gasteiger partial charge in [-0.3, -0.25) is 9.59 Å². The van der Waals surface area contributed by atoms with Crippen LogP contribution in [0.4, 0.5) is 4.39 Å². The second kappa shape index (κ2) is 9.37. The van der Waals surface area contributed by atoms with Crippen LogP contribution in [0.1, 0.15) is 35.0 Å². The van der Waals surface area contributed by atoms with Gasteiger partial charge in [0.05, 0.1) is 6.20 Å². The molecule has 0 saturated carbocycles. The standard InChI is InChI=1S/C23H25FN2O3/c1-3-5-12-25-16-20(29-14-6-4-2)22(27)21-19(25)11-13-26(23(21)28)15-17-7-9-18(24)10-8-17/h3-4,6-10,16H,1,5,11-15H2,2H3/b6-4+. The third-order valence-corrected chi connectivity index (χ3v) is 4.91. The molecule has 0 radical (unpaired) electrons. The van der Waals surface area contributed by atoms with Gasteiger partial charge in [-0.2, -0.15) is 0 Å². The Morgan fingerprint density at radius 3 is 2.69 bits per heavy atom. The second-order valence-corrected chi connectivity index (χ2v) is 6.90. The van der Waals surface area contributed by atoms with E-state index in [4.69, 9.17) is 4.74 Å². The first kappa shape index (κ1) is 20.6. The molecule has 0 atom stereocenters. The zero-order chi connectivity index (χ0) is 20.8. The van der Waals surface area contributed by atoms with Gasteiger partial charge in [-0.1, -0.05) is 30.4 Å². The molecule has 0 spiro atoms. The molecular formula is C23H25FN2O3. The van der Waals surface area contributed by atoms with Gasteiger partial charge in [0.25, 0.3) is 5.91 Å². The first-order chi connectivity index (χ1) is 14.0. The van der Waals surface area contributed by atoms with Crippen molar-refractivity contribution in [2.45, 2.75) is 32.9 Å². The Balaban J connectivity index is 1.95. The molecule has 0 N–H and O–H groups in total. The maximum atomic E-state index is 13.2. The van der Waals surface area contributed by atoms with E-state index in [0.29, 0.717) is 26.1 Å². The fourth-order valence-corrected chi connectivity index (χ4v) is 3.39. The molecule has 0 bridgehead atoms. The number of fused-ring (bicyclic) bond motifs is 1. The molecular weight excluding hydrogens is 371 g/mol. The van der Waals surface area contributed by atoms with Gasteiger partial charge in [-0.05, 0) is 31.0 Å². The van der Waals surface area contributed by atoms with E-state index in [1.807, 2.05) is 17.6 Å². The van der Waals surface area contributed by atoms with Gasteiger partial charge in [0.15, 0.2) is 5.75 Å². The van der Waals surface area contributed by atoms with E-state index in [1.165, 1.54) is 12.1 Å².